The van der Waals surface area contributed by atoms with Crippen LogP contribution < -0.4 is 10.2 Å². The number of nitrogens with one attached hydrogen (secondary N) is 1. The smallest absolute Gasteiger partial charge is 0.317 e. The Labute approximate surface area is 124 Å². The van der Waals surface area contributed by atoms with Crippen molar-refractivity contribution in [3.63, 3.8) is 0 Å². The maximum absolute atomic E-state index is 13.2. The lowest BCUT2D eigenvalue weighted by molar-refractivity contribution is -0.137. The van der Waals surface area contributed by atoms with E-state index in [2.05, 4.69) is 5.32 Å². The molecule has 8 heteroatoms. The van der Waals surface area contributed by atoms with Gasteiger partial charge in [-0.1, -0.05) is 11.6 Å². The van der Waals surface area contributed by atoms with Crippen LogP contribution in [0.4, 0.5) is 23.7 Å². The number of fused-ring (bicyclic) bond motifs is 1. The quantitative estimate of drug-likeness (QED) is 0.863. The van der Waals surface area contributed by atoms with Crippen molar-refractivity contribution < 1.29 is 18.0 Å². The largest absolute Gasteiger partial charge is 0.418 e. The molecule has 2 fully saturated rings. The number of benzene rings is 1. The molecule has 1 N–H and O–H groups in total. The summed E-state index contributed by atoms with van der Waals surface area (Å²) in [6.45, 7) is 2.01. The van der Waals surface area contributed by atoms with Crippen LogP contribution >= 0.6 is 11.6 Å². The lowest BCUT2D eigenvalue weighted by Crippen LogP contribution is -2.49. The van der Waals surface area contributed by atoms with Crippen molar-refractivity contribution in [3.8, 4) is 0 Å². The van der Waals surface area contributed by atoms with E-state index in [0.717, 1.165) is 6.07 Å². The van der Waals surface area contributed by atoms with E-state index >= 15 is 0 Å². The Balaban J connectivity index is 1.99. The van der Waals surface area contributed by atoms with Gasteiger partial charge in [-0.15, -0.1) is 0 Å². The summed E-state index contributed by atoms with van der Waals surface area (Å²) in [7, 11) is 0. The molecule has 4 nitrogen and oxygen atoms in total. The van der Waals surface area contributed by atoms with Crippen LogP contribution in [0, 0.1) is 0 Å². The SMILES string of the molecule is O=C1N(c2ccc(Cl)cc2C(F)(F)F)C[C@@H]2CNCCN12. The van der Waals surface area contributed by atoms with E-state index in [9.17, 15) is 18.0 Å². The van der Waals surface area contributed by atoms with Gasteiger partial charge in [0.05, 0.1) is 17.3 Å². The highest BCUT2D eigenvalue weighted by Crippen LogP contribution is 2.39. The molecule has 0 spiro atoms. The van der Waals surface area contributed by atoms with Crippen LogP contribution in [0.5, 0.6) is 0 Å². The Kier molecular flexibility index (Phi) is 3.49. The van der Waals surface area contributed by atoms with E-state index in [0.29, 0.717) is 19.6 Å². The standard InChI is InChI=1S/C13H13ClF3N3O/c14-8-1-2-11(10(5-8)13(15,16)17)20-7-9-6-18-3-4-19(9)12(20)21/h1-2,5,9,18H,3-4,6-7H2/t9-/m0/s1. The minimum absolute atomic E-state index is 0.00268. The van der Waals surface area contributed by atoms with Gasteiger partial charge in [0.25, 0.3) is 0 Å². The monoisotopic (exact) mass is 319 g/mol. The third kappa shape index (κ3) is 2.55. The predicted octanol–water partition coefficient (Wildman–Crippen LogP) is 2.57. The molecule has 1 atom stereocenters. The van der Waals surface area contributed by atoms with Gasteiger partial charge in [0, 0.05) is 31.2 Å². The third-order valence-electron chi connectivity index (χ3n) is 3.77. The fourth-order valence-electron chi connectivity index (χ4n) is 2.79. The number of rotatable bonds is 1. The van der Waals surface area contributed by atoms with Gasteiger partial charge in [0.1, 0.15) is 0 Å². The number of hydrogen-bond donors (Lipinski definition) is 1. The number of urea groups is 1. The first-order valence-corrected chi connectivity index (χ1v) is 6.91. The van der Waals surface area contributed by atoms with Gasteiger partial charge in [-0.3, -0.25) is 4.90 Å². The number of halogens is 4. The van der Waals surface area contributed by atoms with Crippen molar-refractivity contribution in [2.75, 3.05) is 31.1 Å². The Hall–Kier alpha value is -1.47. The molecule has 0 aromatic heterocycles. The molecule has 114 valence electrons. The van der Waals surface area contributed by atoms with Crippen molar-refractivity contribution in [1.82, 2.24) is 10.2 Å². The van der Waals surface area contributed by atoms with Crippen LogP contribution in [0.2, 0.25) is 5.02 Å². The zero-order valence-corrected chi connectivity index (χ0v) is 11.7. The molecule has 0 bridgehead atoms. The van der Waals surface area contributed by atoms with Gasteiger partial charge in [0.2, 0.25) is 0 Å². The number of hydrogen-bond acceptors (Lipinski definition) is 2. The topological polar surface area (TPSA) is 35.6 Å². The maximum atomic E-state index is 13.2. The average Bonchev–Trinajstić information content (AvgIpc) is 2.76. The Morgan fingerprint density at radius 1 is 1.33 bits per heavy atom. The molecule has 1 aromatic carbocycles. The molecule has 0 unspecified atom stereocenters. The van der Waals surface area contributed by atoms with E-state index < -0.39 is 11.7 Å². The highest BCUT2D eigenvalue weighted by atomic mass is 35.5. The number of carbonyl (C=O) groups excluding carboxylic acids is 1. The first-order valence-electron chi connectivity index (χ1n) is 6.53. The zero-order valence-electron chi connectivity index (χ0n) is 11.0. The summed E-state index contributed by atoms with van der Waals surface area (Å²) in [6.07, 6.45) is -4.55. The number of piperazine rings is 1. The van der Waals surface area contributed by atoms with Gasteiger partial charge in [-0.25, -0.2) is 4.79 Å². The van der Waals surface area contributed by atoms with E-state index in [1.165, 1.54) is 17.0 Å². The van der Waals surface area contributed by atoms with Crippen molar-refractivity contribution >= 4 is 23.3 Å². The molecule has 2 heterocycles. The number of carbonyl (C=O) groups is 1. The van der Waals surface area contributed by atoms with E-state index in [-0.39, 0.29) is 29.3 Å². The van der Waals surface area contributed by atoms with Crippen molar-refractivity contribution in [2.45, 2.75) is 12.2 Å². The third-order valence-corrected chi connectivity index (χ3v) is 4.01. The number of nitrogens with zero attached hydrogens (tertiary/aromatic N) is 2. The fraction of sp³-hybridized carbons (Fsp3) is 0.462. The molecule has 2 aliphatic heterocycles. The van der Waals surface area contributed by atoms with Crippen LogP contribution in [0.1, 0.15) is 5.56 Å². The normalized spacial score (nSPS) is 22.7. The number of anilines is 1. The van der Waals surface area contributed by atoms with Crippen molar-refractivity contribution in [3.05, 3.63) is 28.8 Å². The molecule has 0 saturated carbocycles. The molecule has 1 aromatic rings. The van der Waals surface area contributed by atoms with Crippen LogP contribution in [-0.4, -0.2) is 43.2 Å². The lowest BCUT2D eigenvalue weighted by atomic mass is 10.1. The van der Waals surface area contributed by atoms with E-state index in [1.807, 2.05) is 0 Å². The highest BCUT2D eigenvalue weighted by molar-refractivity contribution is 6.30. The van der Waals surface area contributed by atoms with E-state index in [4.69, 9.17) is 11.6 Å². The molecule has 0 aliphatic carbocycles. The molecular formula is C13H13ClF3N3O. The summed E-state index contributed by atoms with van der Waals surface area (Å²) < 4.78 is 39.5. The van der Waals surface area contributed by atoms with Gasteiger partial charge >= 0.3 is 12.2 Å². The Bertz CT molecular complexity index is 578. The second-order valence-electron chi connectivity index (χ2n) is 5.10. The lowest BCUT2D eigenvalue weighted by Gasteiger charge is -2.28. The first-order chi connectivity index (χ1) is 9.88. The van der Waals surface area contributed by atoms with Crippen molar-refractivity contribution in [1.29, 1.82) is 0 Å². The van der Waals surface area contributed by atoms with E-state index in [1.54, 1.807) is 4.90 Å². The molecule has 0 radical (unpaired) electrons. The molecule has 2 saturated heterocycles. The zero-order chi connectivity index (χ0) is 15.2. The predicted molar refractivity (Wildman–Crippen MR) is 72.6 cm³/mol. The molecule has 2 aliphatic rings. The first kappa shape index (κ1) is 14.5. The second-order valence-corrected chi connectivity index (χ2v) is 5.54. The molecule has 2 amide bonds. The van der Waals surface area contributed by atoms with Crippen LogP contribution in [0.3, 0.4) is 0 Å². The van der Waals surface area contributed by atoms with Crippen LogP contribution in [0.15, 0.2) is 18.2 Å². The average molecular weight is 320 g/mol. The summed E-state index contributed by atoms with van der Waals surface area (Å²) in [5.74, 6) is 0. The number of alkyl halides is 3. The summed E-state index contributed by atoms with van der Waals surface area (Å²) in [5, 5.41) is 3.14. The maximum Gasteiger partial charge on any atom is 0.418 e. The minimum atomic E-state index is -4.55. The van der Waals surface area contributed by atoms with Gasteiger partial charge in [-0.05, 0) is 18.2 Å². The fourth-order valence-corrected chi connectivity index (χ4v) is 2.96. The van der Waals surface area contributed by atoms with Crippen LogP contribution in [0.25, 0.3) is 0 Å². The summed E-state index contributed by atoms with van der Waals surface area (Å²) in [4.78, 5) is 15.1. The Morgan fingerprint density at radius 3 is 2.76 bits per heavy atom. The molecular weight excluding hydrogens is 307 g/mol. The van der Waals surface area contributed by atoms with Gasteiger partial charge in [0.15, 0.2) is 0 Å². The van der Waals surface area contributed by atoms with Crippen molar-refractivity contribution in [2.24, 2.45) is 0 Å². The molecule has 3 rings (SSSR count). The summed E-state index contributed by atoms with van der Waals surface area (Å²) in [5.41, 5.74) is -1.01. The highest BCUT2D eigenvalue weighted by Gasteiger charge is 2.43. The van der Waals surface area contributed by atoms with Gasteiger partial charge in [-0.2, -0.15) is 13.2 Å². The Morgan fingerprint density at radius 2 is 2.10 bits per heavy atom. The van der Waals surface area contributed by atoms with Gasteiger partial charge < -0.3 is 10.2 Å². The van der Waals surface area contributed by atoms with Crippen LogP contribution in [-0.2, 0) is 6.18 Å². The summed E-state index contributed by atoms with van der Waals surface area (Å²) >= 11 is 5.66. The second kappa shape index (κ2) is 5.06. The number of amides is 2. The minimum Gasteiger partial charge on any atom is -0.317 e. The summed E-state index contributed by atoms with van der Waals surface area (Å²) in [6, 6.07) is 3.02. The molecule has 21 heavy (non-hydrogen) atoms.